The maximum Gasteiger partial charge on any atom is 0.199 e. The summed E-state index contributed by atoms with van der Waals surface area (Å²) < 4.78 is 15.9. The fraction of sp³-hybridized carbons (Fsp3) is 0.533. The van der Waals surface area contributed by atoms with Crippen LogP contribution in [0.1, 0.15) is 31.1 Å². The molecule has 0 N–H and O–H groups in total. The second-order valence-corrected chi connectivity index (χ2v) is 5.38. The Morgan fingerprint density at radius 1 is 1.05 bits per heavy atom. The molecule has 1 unspecified atom stereocenters. The highest BCUT2D eigenvalue weighted by Gasteiger charge is 2.35. The number of ether oxygens (including phenoxy) is 3. The van der Waals surface area contributed by atoms with Crippen molar-refractivity contribution in [2.24, 2.45) is 5.41 Å². The average Bonchev–Trinajstić information content (AvgIpc) is 2.36. The summed E-state index contributed by atoms with van der Waals surface area (Å²) in [7, 11) is 4.60. The van der Waals surface area contributed by atoms with E-state index in [2.05, 4.69) is 0 Å². The van der Waals surface area contributed by atoms with E-state index in [9.17, 15) is 4.79 Å². The van der Waals surface area contributed by atoms with Gasteiger partial charge in [0.15, 0.2) is 5.78 Å². The molecule has 0 aliphatic carbocycles. The molecule has 19 heavy (non-hydrogen) atoms. The second-order valence-electron chi connectivity index (χ2n) is 5.38. The van der Waals surface area contributed by atoms with Gasteiger partial charge in [0.1, 0.15) is 23.2 Å². The van der Waals surface area contributed by atoms with Gasteiger partial charge in [-0.1, -0.05) is 26.8 Å². The Bertz CT molecular complexity index is 424. The van der Waals surface area contributed by atoms with Crippen LogP contribution in [0.5, 0.6) is 11.5 Å². The number of hydrogen-bond acceptors (Lipinski definition) is 4. The Balaban J connectivity index is 3.32. The molecule has 0 spiro atoms. The van der Waals surface area contributed by atoms with Crippen LogP contribution in [0, 0.1) is 5.41 Å². The minimum atomic E-state index is -0.558. The van der Waals surface area contributed by atoms with Crippen molar-refractivity contribution in [2.45, 2.75) is 26.9 Å². The third kappa shape index (κ3) is 3.26. The van der Waals surface area contributed by atoms with E-state index in [-0.39, 0.29) is 11.2 Å². The zero-order chi connectivity index (χ0) is 14.6. The molecule has 1 aromatic rings. The van der Waals surface area contributed by atoms with E-state index >= 15 is 0 Å². The summed E-state index contributed by atoms with van der Waals surface area (Å²) in [4.78, 5) is 12.7. The van der Waals surface area contributed by atoms with E-state index in [1.165, 1.54) is 21.3 Å². The lowest BCUT2D eigenvalue weighted by molar-refractivity contribution is 0.0191. The molecule has 0 radical (unpaired) electrons. The molecule has 0 saturated heterocycles. The number of rotatable bonds is 5. The van der Waals surface area contributed by atoms with Gasteiger partial charge in [-0.05, 0) is 17.5 Å². The van der Waals surface area contributed by atoms with Crippen LogP contribution in [-0.4, -0.2) is 33.2 Å². The fourth-order valence-corrected chi connectivity index (χ4v) is 2.08. The van der Waals surface area contributed by atoms with Crippen molar-refractivity contribution in [3.8, 4) is 11.5 Å². The first kappa shape index (κ1) is 15.5. The molecule has 0 aromatic heterocycles. The minimum Gasteiger partial charge on any atom is -0.496 e. The quantitative estimate of drug-likeness (QED) is 0.769. The fourth-order valence-electron chi connectivity index (χ4n) is 2.08. The summed E-state index contributed by atoms with van der Waals surface area (Å²) in [5.41, 5.74) is 0.117. The molecule has 0 saturated carbocycles. The van der Waals surface area contributed by atoms with Crippen LogP contribution in [0.4, 0.5) is 0 Å². The summed E-state index contributed by atoms with van der Waals surface area (Å²) in [6.07, 6.45) is -0.558. The first-order chi connectivity index (χ1) is 8.86. The standard InChI is InChI=1S/C15H22O4/c1-15(2,3)14(19-6)13(16)12-10(17-4)8-7-9-11(12)18-5/h7-9,14H,1-6H3. The molecular formula is C15H22O4. The molecule has 0 aliphatic rings. The summed E-state index contributed by atoms with van der Waals surface area (Å²) in [6.45, 7) is 5.88. The van der Waals surface area contributed by atoms with Gasteiger partial charge in [-0.15, -0.1) is 0 Å². The second kappa shape index (κ2) is 6.06. The van der Waals surface area contributed by atoms with Gasteiger partial charge in [-0.3, -0.25) is 4.79 Å². The van der Waals surface area contributed by atoms with Crippen molar-refractivity contribution in [3.05, 3.63) is 23.8 Å². The number of hydrogen-bond donors (Lipinski definition) is 0. The number of carbonyl (C=O) groups is 1. The molecule has 0 fully saturated rings. The van der Waals surface area contributed by atoms with Gasteiger partial charge >= 0.3 is 0 Å². The van der Waals surface area contributed by atoms with Crippen molar-refractivity contribution >= 4 is 5.78 Å². The zero-order valence-electron chi connectivity index (χ0n) is 12.4. The lowest BCUT2D eigenvalue weighted by Crippen LogP contribution is -2.36. The molecule has 0 heterocycles. The number of ketones is 1. The maximum absolute atomic E-state index is 12.7. The third-order valence-corrected chi connectivity index (χ3v) is 2.93. The monoisotopic (exact) mass is 266 g/mol. The average molecular weight is 266 g/mol. The zero-order valence-corrected chi connectivity index (χ0v) is 12.4. The Morgan fingerprint density at radius 2 is 1.53 bits per heavy atom. The summed E-state index contributed by atoms with van der Waals surface area (Å²) in [6, 6.07) is 5.27. The van der Waals surface area contributed by atoms with Crippen LogP contribution in [0.25, 0.3) is 0 Å². The predicted octanol–water partition coefficient (Wildman–Crippen LogP) is 2.95. The van der Waals surface area contributed by atoms with Gasteiger partial charge in [0.2, 0.25) is 0 Å². The highest BCUT2D eigenvalue weighted by Crippen LogP contribution is 2.33. The van der Waals surface area contributed by atoms with E-state index in [0.29, 0.717) is 17.1 Å². The molecule has 0 aliphatic heterocycles. The highest BCUT2D eigenvalue weighted by atomic mass is 16.5. The van der Waals surface area contributed by atoms with Crippen LogP contribution in [0.15, 0.2) is 18.2 Å². The van der Waals surface area contributed by atoms with E-state index in [1.807, 2.05) is 20.8 Å². The van der Waals surface area contributed by atoms with Crippen LogP contribution >= 0.6 is 0 Å². The number of carbonyl (C=O) groups excluding carboxylic acids is 1. The van der Waals surface area contributed by atoms with Crippen molar-refractivity contribution in [1.29, 1.82) is 0 Å². The van der Waals surface area contributed by atoms with Crippen molar-refractivity contribution in [1.82, 2.24) is 0 Å². The Hall–Kier alpha value is -1.55. The topological polar surface area (TPSA) is 44.8 Å². The van der Waals surface area contributed by atoms with Gasteiger partial charge in [-0.2, -0.15) is 0 Å². The van der Waals surface area contributed by atoms with Gasteiger partial charge < -0.3 is 14.2 Å². The van der Waals surface area contributed by atoms with Crippen molar-refractivity contribution in [3.63, 3.8) is 0 Å². The largest absolute Gasteiger partial charge is 0.496 e. The number of benzene rings is 1. The first-order valence-corrected chi connectivity index (χ1v) is 6.14. The molecule has 106 valence electrons. The molecule has 0 amide bonds. The van der Waals surface area contributed by atoms with Gasteiger partial charge in [0.25, 0.3) is 0 Å². The lowest BCUT2D eigenvalue weighted by atomic mass is 9.84. The maximum atomic E-state index is 12.7. The smallest absolute Gasteiger partial charge is 0.199 e. The number of methoxy groups -OCH3 is 3. The van der Waals surface area contributed by atoms with Crippen molar-refractivity contribution < 1.29 is 19.0 Å². The summed E-state index contributed by atoms with van der Waals surface area (Å²) in [5.74, 6) is 0.857. The van der Waals surface area contributed by atoms with Gasteiger partial charge in [0, 0.05) is 7.11 Å². The van der Waals surface area contributed by atoms with E-state index in [0.717, 1.165) is 0 Å². The molecule has 0 bridgehead atoms. The third-order valence-electron chi connectivity index (χ3n) is 2.93. The normalized spacial score (nSPS) is 12.9. The van der Waals surface area contributed by atoms with Gasteiger partial charge in [-0.25, -0.2) is 0 Å². The van der Waals surface area contributed by atoms with Crippen LogP contribution in [0.2, 0.25) is 0 Å². The Morgan fingerprint density at radius 3 is 1.84 bits per heavy atom. The minimum absolute atomic E-state index is 0.135. The SMILES string of the molecule is COc1cccc(OC)c1C(=O)C(OC)C(C)(C)C. The van der Waals surface area contributed by atoms with Crippen LogP contribution < -0.4 is 9.47 Å². The van der Waals surface area contributed by atoms with Crippen molar-refractivity contribution in [2.75, 3.05) is 21.3 Å². The van der Waals surface area contributed by atoms with E-state index < -0.39 is 6.10 Å². The van der Waals surface area contributed by atoms with E-state index in [4.69, 9.17) is 14.2 Å². The van der Waals surface area contributed by atoms with Gasteiger partial charge in [0.05, 0.1) is 14.2 Å². The summed E-state index contributed by atoms with van der Waals surface area (Å²) >= 11 is 0. The molecule has 1 rings (SSSR count). The van der Waals surface area contributed by atoms with E-state index in [1.54, 1.807) is 18.2 Å². The van der Waals surface area contributed by atoms with Crippen LogP contribution in [-0.2, 0) is 4.74 Å². The molecule has 4 nitrogen and oxygen atoms in total. The lowest BCUT2D eigenvalue weighted by Gasteiger charge is -2.28. The molecular weight excluding hydrogens is 244 g/mol. The Kier molecular flexibility index (Phi) is 4.95. The Labute approximate surface area is 114 Å². The molecule has 4 heteroatoms. The number of Topliss-reactive ketones (excluding diaryl/α,β-unsaturated/α-hetero) is 1. The molecule has 1 atom stereocenters. The predicted molar refractivity (Wildman–Crippen MR) is 74.1 cm³/mol. The summed E-state index contributed by atoms with van der Waals surface area (Å²) in [5, 5.41) is 0. The highest BCUT2D eigenvalue weighted by molar-refractivity contribution is 6.04. The molecule has 1 aromatic carbocycles. The first-order valence-electron chi connectivity index (χ1n) is 6.14. The van der Waals surface area contributed by atoms with Crippen LogP contribution in [0.3, 0.4) is 0 Å².